The summed E-state index contributed by atoms with van der Waals surface area (Å²) in [6.45, 7) is 2.79. The molecule has 16 heteroatoms. The van der Waals surface area contributed by atoms with Crippen LogP contribution in [0.15, 0.2) is 24.1 Å². The van der Waals surface area contributed by atoms with Crippen molar-refractivity contribution in [1.82, 2.24) is 15.0 Å². The fourth-order valence-electron chi connectivity index (χ4n) is 4.60. The summed E-state index contributed by atoms with van der Waals surface area (Å²) in [4.78, 5) is 36.0. The van der Waals surface area contributed by atoms with Gasteiger partial charge >= 0.3 is 17.9 Å². The zero-order valence-corrected chi connectivity index (χ0v) is 23.4. The van der Waals surface area contributed by atoms with Crippen LogP contribution in [-0.4, -0.2) is 68.3 Å². The molecule has 0 N–H and O–H groups in total. The standard InChI is InChI=1S/C26H26F5N3O7S/c1-12(35)38-11-20-23(39-13(2)36)22(34-10-19(32-33-34)15-7-17(27)21(29)18(28)8-15)24(40-14(3)37)25(41-20)42-16-5-4-6-26(30,31)9-16/h7-8,10,16,20,24-25H,4-6,9,11H2,1-3H3/t16?,20?,24?,25-/m1/s1. The summed E-state index contributed by atoms with van der Waals surface area (Å²) >= 11 is 0.963. The Kier molecular flexibility index (Phi) is 9.55. The van der Waals surface area contributed by atoms with E-state index in [2.05, 4.69) is 10.3 Å². The van der Waals surface area contributed by atoms with Gasteiger partial charge in [-0.2, -0.15) is 0 Å². The van der Waals surface area contributed by atoms with Crippen molar-refractivity contribution in [3.63, 3.8) is 0 Å². The maximum absolute atomic E-state index is 14.2. The van der Waals surface area contributed by atoms with Gasteiger partial charge in [-0.05, 0) is 25.0 Å². The van der Waals surface area contributed by atoms with Gasteiger partial charge in [0.25, 0.3) is 0 Å². The minimum Gasteiger partial charge on any atom is -0.463 e. The number of ether oxygens (including phenoxy) is 4. The van der Waals surface area contributed by atoms with Gasteiger partial charge in [-0.25, -0.2) is 26.6 Å². The highest BCUT2D eigenvalue weighted by Gasteiger charge is 2.47. The predicted octanol–water partition coefficient (Wildman–Crippen LogP) is 4.62. The molecule has 0 radical (unpaired) electrons. The molecule has 2 heterocycles. The lowest BCUT2D eigenvalue weighted by Crippen LogP contribution is -2.46. The van der Waals surface area contributed by atoms with Crippen molar-refractivity contribution >= 4 is 35.4 Å². The van der Waals surface area contributed by atoms with Gasteiger partial charge in [0.1, 0.15) is 23.4 Å². The van der Waals surface area contributed by atoms with Crippen molar-refractivity contribution in [2.24, 2.45) is 0 Å². The Morgan fingerprint density at radius 3 is 2.38 bits per heavy atom. The van der Waals surface area contributed by atoms with Crippen LogP contribution < -0.4 is 0 Å². The molecular weight excluding hydrogens is 593 g/mol. The molecule has 0 spiro atoms. The summed E-state index contributed by atoms with van der Waals surface area (Å²) < 4.78 is 92.9. The van der Waals surface area contributed by atoms with Gasteiger partial charge in [-0.3, -0.25) is 14.4 Å². The first kappa shape index (κ1) is 31.4. The Morgan fingerprint density at radius 1 is 1.10 bits per heavy atom. The highest BCUT2D eigenvalue weighted by atomic mass is 32.2. The predicted molar refractivity (Wildman–Crippen MR) is 136 cm³/mol. The SMILES string of the molecule is CC(=O)OCC1O[C@H](SC2CCCC(F)(F)C2)C(OC(C)=O)C(n2cc(-c3cc(F)c(F)c(F)c3)nn2)=C1OC(C)=O. The van der Waals surface area contributed by atoms with E-state index in [9.17, 15) is 36.3 Å². The van der Waals surface area contributed by atoms with Crippen LogP contribution in [0.4, 0.5) is 22.0 Å². The quantitative estimate of drug-likeness (QED) is 0.179. The van der Waals surface area contributed by atoms with E-state index in [1.807, 2.05) is 0 Å². The fraction of sp³-hybridized carbons (Fsp3) is 0.500. The van der Waals surface area contributed by atoms with Crippen molar-refractivity contribution in [3.05, 3.63) is 41.5 Å². The molecule has 0 amide bonds. The van der Waals surface area contributed by atoms with Gasteiger partial charge in [-0.1, -0.05) is 5.21 Å². The van der Waals surface area contributed by atoms with E-state index in [1.54, 1.807) is 0 Å². The Labute approximate surface area is 240 Å². The van der Waals surface area contributed by atoms with Crippen LogP contribution in [0.2, 0.25) is 0 Å². The lowest BCUT2D eigenvalue weighted by Gasteiger charge is -2.39. The molecule has 10 nitrogen and oxygen atoms in total. The number of carbonyl (C=O) groups is 3. The third-order valence-corrected chi connectivity index (χ3v) is 7.70. The molecule has 228 valence electrons. The second-order valence-electron chi connectivity index (χ2n) is 9.68. The first-order valence-corrected chi connectivity index (χ1v) is 13.7. The van der Waals surface area contributed by atoms with Gasteiger partial charge in [0, 0.05) is 44.4 Å². The zero-order valence-electron chi connectivity index (χ0n) is 22.6. The summed E-state index contributed by atoms with van der Waals surface area (Å²) in [6, 6.07) is 1.38. The molecule has 0 saturated heterocycles. The van der Waals surface area contributed by atoms with E-state index in [4.69, 9.17) is 18.9 Å². The first-order chi connectivity index (χ1) is 19.7. The van der Waals surface area contributed by atoms with Gasteiger partial charge < -0.3 is 18.9 Å². The van der Waals surface area contributed by atoms with Crippen LogP contribution in [0, 0.1) is 17.5 Å². The number of rotatable bonds is 8. The van der Waals surface area contributed by atoms with Crippen LogP contribution >= 0.6 is 11.8 Å². The van der Waals surface area contributed by atoms with Gasteiger partial charge in [0.15, 0.2) is 35.4 Å². The Bertz CT molecular complexity index is 1380. The smallest absolute Gasteiger partial charge is 0.307 e. The second kappa shape index (κ2) is 12.8. The monoisotopic (exact) mass is 619 g/mol. The number of alkyl halides is 2. The number of halogens is 5. The number of hydrogen-bond acceptors (Lipinski definition) is 10. The second-order valence-corrected chi connectivity index (χ2v) is 11.1. The van der Waals surface area contributed by atoms with Crippen LogP contribution in [-0.2, 0) is 33.3 Å². The van der Waals surface area contributed by atoms with E-state index in [1.165, 1.54) is 0 Å². The largest absolute Gasteiger partial charge is 0.463 e. The van der Waals surface area contributed by atoms with Crippen LogP contribution in [0.3, 0.4) is 0 Å². The molecule has 1 saturated carbocycles. The van der Waals surface area contributed by atoms with Gasteiger partial charge in [-0.15, -0.1) is 16.9 Å². The molecule has 0 bridgehead atoms. The molecule has 1 aromatic heterocycles. The molecule has 2 aliphatic rings. The van der Waals surface area contributed by atoms with Crippen molar-refractivity contribution in [3.8, 4) is 11.3 Å². The topological polar surface area (TPSA) is 119 Å². The Morgan fingerprint density at radius 2 is 1.79 bits per heavy atom. The average Bonchev–Trinajstić information content (AvgIpc) is 3.36. The molecule has 4 rings (SSSR count). The van der Waals surface area contributed by atoms with Gasteiger partial charge in [0.05, 0.1) is 6.20 Å². The molecule has 4 atom stereocenters. The molecule has 1 aliphatic heterocycles. The van der Waals surface area contributed by atoms with E-state index in [-0.39, 0.29) is 35.6 Å². The highest BCUT2D eigenvalue weighted by Crippen LogP contribution is 2.45. The number of aromatic nitrogens is 3. The minimum absolute atomic E-state index is 0.148. The Balaban J connectivity index is 1.83. The van der Waals surface area contributed by atoms with E-state index < -0.39 is 77.2 Å². The van der Waals surface area contributed by atoms with E-state index in [0.717, 1.165) is 43.4 Å². The van der Waals surface area contributed by atoms with Crippen molar-refractivity contribution < 1.29 is 55.3 Å². The van der Waals surface area contributed by atoms with Crippen molar-refractivity contribution in [1.29, 1.82) is 0 Å². The number of hydrogen-bond donors (Lipinski definition) is 0. The zero-order chi connectivity index (χ0) is 30.8. The molecular formula is C26H26F5N3O7S. The fourth-order valence-corrected chi connectivity index (χ4v) is 6.14. The first-order valence-electron chi connectivity index (χ1n) is 12.7. The molecule has 1 fully saturated rings. The summed E-state index contributed by atoms with van der Waals surface area (Å²) in [5.41, 5.74) is -1.68. The Hall–Kier alpha value is -3.53. The number of esters is 3. The molecule has 2 aromatic rings. The summed E-state index contributed by atoms with van der Waals surface area (Å²) in [5, 5.41) is 7.19. The lowest BCUT2D eigenvalue weighted by atomic mass is 9.96. The maximum Gasteiger partial charge on any atom is 0.307 e. The van der Waals surface area contributed by atoms with E-state index >= 15 is 0 Å². The maximum atomic E-state index is 14.2. The third-order valence-electron chi connectivity index (χ3n) is 6.29. The minimum atomic E-state index is -2.92. The normalized spacial score (nSPS) is 23.8. The van der Waals surface area contributed by atoms with Crippen LogP contribution in [0.1, 0.15) is 46.5 Å². The highest BCUT2D eigenvalue weighted by molar-refractivity contribution is 8.00. The number of benzene rings is 1. The lowest BCUT2D eigenvalue weighted by molar-refractivity contribution is -0.156. The summed E-state index contributed by atoms with van der Waals surface area (Å²) in [6.07, 6.45) is -1.67. The molecule has 1 aliphatic carbocycles. The number of thioether (sulfide) groups is 1. The number of carbonyl (C=O) groups excluding carboxylic acids is 3. The van der Waals surface area contributed by atoms with Crippen LogP contribution in [0.5, 0.6) is 0 Å². The molecule has 3 unspecified atom stereocenters. The summed E-state index contributed by atoms with van der Waals surface area (Å²) in [5.74, 6) is -10.2. The van der Waals surface area contributed by atoms with Crippen molar-refractivity contribution in [2.75, 3.05) is 6.61 Å². The summed E-state index contributed by atoms with van der Waals surface area (Å²) in [7, 11) is 0. The molecule has 42 heavy (non-hydrogen) atoms. The number of nitrogens with zero attached hydrogens (tertiary/aromatic N) is 3. The van der Waals surface area contributed by atoms with Crippen molar-refractivity contribution in [2.45, 2.75) is 75.3 Å². The average molecular weight is 620 g/mol. The third kappa shape index (κ3) is 7.45. The van der Waals surface area contributed by atoms with E-state index in [0.29, 0.717) is 18.6 Å². The van der Waals surface area contributed by atoms with Gasteiger partial charge in [0.2, 0.25) is 5.92 Å². The van der Waals surface area contributed by atoms with Crippen LogP contribution in [0.25, 0.3) is 17.0 Å². The molecule has 1 aromatic carbocycles.